The van der Waals surface area contributed by atoms with Gasteiger partial charge in [0.1, 0.15) is 0 Å². The maximum atomic E-state index is 3.92. The molecule has 0 saturated carbocycles. The van der Waals surface area contributed by atoms with E-state index in [0.717, 1.165) is 0 Å². The van der Waals surface area contributed by atoms with E-state index in [1.54, 1.807) is 0 Å². The van der Waals surface area contributed by atoms with Crippen molar-refractivity contribution in [1.29, 1.82) is 0 Å². The molecule has 1 aromatic rings. The summed E-state index contributed by atoms with van der Waals surface area (Å²) in [5.74, 6) is 0.451. The Balaban J connectivity index is 2.98. The first-order valence-corrected chi connectivity index (χ1v) is 6.33. The zero-order valence-electron chi connectivity index (χ0n) is 10.7. The molecule has 0 aromatic heterocycles. The monoisotopic (exact) mass is 226 g/mol. The van der Waals surface area contributed by atoms with E-state index in [2.05, 4.69) is 56.5 Å². The molecule has 0 heterocycles. The van der Waals surface area contributed by atoms with Crippen LogP contribution in [0.4, 0.5) is 0 Å². The lowest BCUT2D eigenvalue weighted by Crippen LogP contribution is -2.01. The minimum Gasteiger partial charge on any atom is -0.0991 e. The minimum absolute atomic E-state index is 0.451. The summed E-state index contributed by atoms with van der Waals surface area (Å²) in [5, 5.41) is 0. The Kier molecular flexibility index (Phi) is 6.09. The van der Waals surface area contributed by atoms with Gasteiger partial charge in [-0.2, -0.15) is 0 Å². The van der Waals surface area contributed by atoms with Gasteiger partial charge in [0.25, 0.3) is 0 Å². The van der Waals surface area contributed by atoms with Crippen molar-refractivity contribution in [3.63, 3.8) is 0 Å². The largest absolute Gasteiger partial charge is 0.0991 e. The summed E-state index contributed by atoms with van der Waals surface area (Å²) < 4.78 is 0. The van der Waals surface area contributed by atoms with E-state index < -0.39 is 0 Å². The van der Waals surface area contributed by atoms with Crippen LogP contribution in [0.1, 0.15) is 37.7 Å². The summed E-state index contributed by atoms with van der Waals surface area (Å²) in [5.41, 5.74) is 2.63. The molecule has 90 valence electrons. The van der Waals surface area contributed by atoms with Crippen molar-refractivity contribution < 1.29 is 0 Å². The van der Waals surface area contributed by atoms with E-state index in [-0.39, 0.29) is 0 Å². The Hall–Kier alpha value is -1.56. The highest BCUT2D eigenvalue weighted by molar-refractivity contribution is 5.35. The summed E-state index contributed by atoms with van der Waals surface area (Å²) in [6, 6.07) is 10.7. The van der Waals surface area contributed by atoms with Gasteiger partial charge in [-0.25, -0.2) is 0 Å². The lowest BCUT2D eigenvalue weighted by atomic mass is 9.86. The van der Waals surface area contributed by atoms with Crippen molar-refractivity contribution in [3.05, 3.63) is 72.9 Å². The second-order valence-corrected chi connectivity index (χ2v) is 4.21. The molecule has 0 radical (unpaired) electrons. The van der Waals surface area contributed by atoms with Gasteiger partial charge in [-0.1, -0.05) is 81.5 Å². The number of benzene rings is 1. The fourth-order valence-corrected chi connectivity index (χ4v) is 2.08. The summed E-state index contributed by atoms with van der Waals surface area (Å²) in [6.07, 6.45) is 9.50. The predicted molar refractivity (Wildman–Crippen MR) is 77.2 cm³/mol. The Labute approximate surface area is 105 Å². The second-order valence-electron chi connectivity index (χ2n) is 4.21. The Morgan fingerprint density at radius 2 is 1.94 bits per heavy atom. The molecular formula is C17H22. The van der Waals surface area contributed by atoms with Crippen molar-refractivity contribution in [1.82, 2.24) is 0 Å². The van der Waals surface area contributed by atoms with Gasteiger partial charge in [0.05, 0.1) is 0 Å². The molecule has 0 aliphatic rings. The molecule has 1 rings (SSSR count). The van der Waals surface area contributed by atoms with E-state index >= 15 is 0 Å². The van der Waals surface area contributed by atoms with Crippen molar-refractivity contribution in [2.75, 3.05) is 0 Å². The van der Waals surface area contributed by atoms with Gasteiger partial charge in [-0.05, 0) is 17.6 Å². The van der Waals surface area contributed by atoms with Gasteiger partial charge >= 0.3 is 0 Å². The average Bonchev–Trinajstić information content (AvgIpc) is 2.39. The van der Waals surface area contributed by atoms with Crippen molar-refractivity contribution in [2.45, 2.75) is 32.1 Å². The average molecular weight is 226 g/mol. The molecule has 0 saturated heterocycles. The molecule has 0 spiro atoms. The number of unbranched alkanes of at least 4 members (excludes halogenated alkanes) is 1. The van der Waals surface area contributed by atoms with E-state index in [0.29, 0.717) is 5.92 Å². The summed E-state index contributed by atoms with van der Waals surface area (Å²) in [7, 11) is 0. The molecular weight excluding hydrogens is 204 g/mol. The minimum atomic E-state index is 0.451. The van der Waals surface area contributed by atoms with Gasteiger partial charge in [0.2, 0.25) is 0 Å². The highest BCUT2D eigenvalue weighted by Gasteiger charge is 2.13. The van der Waals surface area contributed by atoms with Gasteiger partial charge in [-0.3, -0.25) is 0 Å². The second kappa shape index (κ2) is 7.67. The molecule has 0 N–H and O–H groups in total. The molecule has 1 aromatic carbocycles. The number of hydrogen-bond donors (Lipinski definition) is 0. The van der Waals surface area contributed by atoms with Gasteiger partial charge in [-0.15, -0.1) is 0 Å². The zero-order chi connectivity index (χ0) is 12.5. The number of hydrogen-bond acceptors (Lipinski definition) is 0. The topological polar surface area (TPSA) is 0 Å². The molecule has 17 heavy (non-hydrogen) atoms. The van der Waals surface area contributed by atoms with Crippen LogP contribution < -0.4 is 0 Å². The maximum Gasteiger partial charge on any atom is 0.00891 e. The molecule has 0 aliphatic carbocycles. The Bertz CT molecular complexity index is 370. The van der Waals surface area contributed by atoms with E-state index in [4.69, 9.17) is 0 Å². The number of rotatable bonds is 7. The number of allylic oxidation sites excluding steroid dienone is 4. The Morgan fingerprint density at radius 1 is 1.24 bits per heavy atom. The van der Waals surface area contributed by atoms with E-state index in [1.807, 2.05) is 12.2 Å². The molecule has 1 unspecified atom stereocenters. The SMILES string of the molecule is C=C/C=C(\C=C)C(CCCC)c1ccccc1. The third kappa shape index (κ3) is 4.07. The van der Waals surface area contributed by atoms with Crippen LogP contribution in [0.25, 0.3) is 0 Å². The molecule has 1 atom stereocenters. The fourth-order valence-electron chi connectivity index (χ4n) is 2.08. The lowest BCUT2D eigenvalue weighted by molar-refractivity contribution is 0.650. The first-order valence-electron chi connectivity index (χ1n) is 6.33. The summed E-state index contributed by atoms with van der Waals surface area (Å²) in [4.78, 5) is 0. The first-order chi connectivity index (χ1) is 8.33. The molecule has 0 bridgehead atoms. The maximum absolute atomic E-state index is 3.92. The van der Waals surface area contributed by atoms with Crippen LogP contribution >= 0.6 is 0 Å². The molecule has 0 heteroatoms. The quantitative estimate of drug-likeness (QED) is 0.556. The third-order valence-corrected chi connectivity index (χ3v) is 3.00. The molecule has 0 amide bonds. The normalized spacial score (nSPS) is 13.1. The van der Waals surface area contributed by atoms with Crippen molar-refractivity contribution >= 4 is 0 Å². The third-order valence-electron chi connectivity index (χ3n) is 3.00. The summed E-state index contributed by atoms with van der Waals surface area (Å²) in [6.45, 7) is 9.93. The first kappa shape index (κ1) is 13.5. The van der Waals surface area contributed by atoms with E-state index in [9.17, 15) is 0 Å². The van der Waals surface area contributed by atoms with Gasteiger partial charge in [0.15, 0.2) is 0 Å². The molecule has 0 nitrogen and oxygen atoms in total. The highest BCUT2D eigenvalue weighted by Crippen LogP contribution is 2.30. The highest BCUT2D eigenvalue weighted by atomic mass is 14.2. The van der Waals surface area contributed by atoms with Gasteiger partial charge in [0, 0.05) is 5.92 Å². The van der Waals surface area contributed by atoms with Gasteiger partial charge < -0.3 is 0 Å². The zero-order valence-corrected chi connectivity index (χ0v) is 10.7. The lowest BCUT2D eigenvalue weighted by Gasteiger charge is -2.18. The van der Waals surface area contributed by atoms with Crippen LogP contribution in [-0.2, 0) is 0 Å². The van der Waals surface area contributed by atoms with E-state index in [1.165, 1.54) is 30.4 Å². The van der Waals surface area contributed by atoms with Crippen LogP contribution in [0.2, 0.25) is 0 Å². The predicted octanol–water partition coefficient (Wildman–Crippen LogP) is 5.26. The molecule has 0 fully saturated rings. The van der Waals surface area contributed by atoms with Crippen LogP contribution in [0.5, 0.6) is 0 Å². The van der Waals surface area contributed by atoms with Crippen LogP contribution in [0.15, 0.2) is 67.3 Å². The van der Waals surface area contributed by atoms with Crippen molar-refractivity contribution in [2.24, 2.45) is 0 Å². The van der Waals surface area contributed by atoms with Crippen LogP contribution in [0.3, 0.4) is 0 Å². The summed E-state index contributed by atoms with van der Waals surface area (Å²) >= 11 is 0. The smallest absolute Gasteiger partial charge is 0.00891 e. The standard InChI is InChI=1S/C17H22/c1-4-7-14-17(15(6-3)11-5-2)16-12-9-8-10-13-16/h5-6,8-13,17H,2-4,7,14H2,1H3/b15-11+. The van der Waals surface area contributed by atoms with Crippen molar-refractivity contribution in [3.8, 4) is 0 Å². The fraction of sp³-hybridized carbons (Fsp3) is 0.294. The van der Waals surface area contributed by atoms with Crippen LogP contribution in [-0.4, -0.2) is 0 Å². The van der Waals surface area contributed by atoms with Crippen LogP contribution in [0, 0.1) is 0 Å². The molecule has 0 aliphatic heterocycles. The Morgan fingerprint density at radius 3 is 2.47 bits per heavy atom.